The van der Waals surface area contributed by atoms with Gasteiger partial charge in [0.2, 0.25) is 0 Å². The van der Waals surface area contributed by atoms with Crippen molar-refractivity contribution in [1.82, 2.24) is 5.43 Å². The maximum absolute atomic E-state index is 13.8. The van der Waals surface area contributed by atoms with Crippen LogP contribution in [-0.4, -0.2) is 20.0 Å². The summed E-state index contributed by atoms with van der Waals surface area (Å²) >= 11 is 0. The van der Waals surface area contributed by atoms with E-state index in [1.165, 1.54) is 4.31 Å². The van der Waals surface area contributed by atoms with Gasteiger partial charge in [-0.25, -0.2) is 13.8 Å². The van der Waals surface area contributed by atoms with Crippen molar-refractivity contribution < 1.29 is 13.2 Å². The number of benzene rings is 4. The Labute approximate surface area is 212 Å². The van der Waals surface area contributed by atoms with Gasteiger partial charge in [0.1, 0.15) is 0 Å². The number of hydrogen-bond donors (Lipinski definition) is 1. The number of amides is 1. The normalized spacial score (nSPS) is 11.7. The van der Waals surface area contributed by atoms with Gasteiger partial charge >= 0.3 is 0 Å². The van der Waals surface area contributed by atoms with Crippen LogP contribution in [0.15, 0.2) is 119 Å². The van der Waals surface area contributed by atoms with Crippen LogP contribution in [0.1, 0.15) is 34.0 Å². The van der Waals surface area contributed by atoms with Crippen molar-refractivity contribution in [3.05, 3.63) is 131 Å². The molecule has 1 amide bonds. The van der Waals surface area contributed by atoms with Gasteiger partial charge in [-0.1, -0.05) is 90.5 Å². The lowest BCUT2D eigenvalue weighted by Crippen LogP contribution is -2.33. The predicted molar refractivity (Wildman–Crippen MR) is 144 cm³/mol. The van der Waals surface area contributed by atoms with Crippen LogP contribution >= 0.6 is 0 Å². The molecule has 0 atom stereocenters. The van der Waals surface area contributed by atoms with Crippen LogP contribution in [-0.2, 0) is 16.6 Å². The summed E-state index contributed by atoms with van der Waals surface area (Å²) in [5.41, 5.74) is 6.31. The number of anilines is 1. The van der Waals surface area contributed by atoms with Crippen molar-refractivity contribution in [3.63, 3.8) is 0 Å². The van der Waals surface area contributed by atoms with Gasteiger partial charge in [0.25, 0.3) is 15.9 Å². The number of aryl methyl sites for hydroxylation is 1. The van der Waals surface area contributed by atoms with Gasteiger partial charge in [0.05, 0.1) is 28.4 Å². The Morgan fingerprint density at radius 1 is 0.806 bits per heavy atom. The number of hydrazone groups is 1. The first-order chi connectivity index (χ1) is 17.4. The Morgan fingerprint density at radius 2 is 1.39 bits per heavy atom. The summed E-state index contributed by atoms with van der Waals surface area (Å²) in [7, 11) is -3.98. The van der Waals surface area contributed by atoms with Crippen molar-refractivity contribution in [2.75, 3.05) is 4.31 Å². The Bertz CT molecular complexity index is 1470. The molecule has 0 saturated heterocycles. The molecular weight excluding hydrogens is 470 g/mol. The summed E-state index contributed by atoms with van der Waals surface area (Å²) in [6.07, 6.45) is 0. The average Bonchev–Trinajstić information content (AvgIpc) is 2.91. The van der Waals surface area contributed by atoms with Gasteiger partial charge in [0, 0.05) is 0 Å². The van der Waals surface area contributed by atoms with Crippen molar-refractivity contribution in [1.29, 1.82) is 0 Å². The number of rotatable bonds is 8. The quantitative estimate of drug-likeness (QED) is 0.256. The lowest BCUT2D eigenvalue weighted by molar-refractivity contribution is 0.0955. The molecule has 0 radical (unpaired) electrons. The molecule has 0 aliphatic heterocycles. The minimum Gasteiger partial charge on any atom is -0.267 e. The molecule has 36 heavy (non-hydrogen) atoms. The summed E-state index contributed by atoms with van der Waals surface area (Å²) in [5, 5.41) is 4.23. The van der Waals surface area contributed by atoms with Crippen LogP contribution in [0, 0.1) is 6.92 Å². The molecule has 0 aromatic heterocycles. The zero-order chi connectivity index (χ0) is 25.5. The molecule has 0 heterocycles. The first kappa shape index (κ1) is 24.9. The molecule has 0 saturated carbocycles. The first-order valence-corrected chi connectivity index (χ1v) is 12.9. The van der Waals surface area contributed by atoms with Crippen LogP contribution in [0.25, 0.3) is 0 Å². The van der Waals surface area contributed by atoms with E-state index in [1.54, 1.807) is 55.5 Å². The molecular formula is C29H27N3O3S. The van der Waals surface area contributed by atoms with Crippen molar-refractivity contribution >= 4 is 27.3 Å². The second-order valence-electron chi connectivity index (χ2n) is 8.33. The Kier molecular flexibility index (Phi) is 7.61. The fraction of sp³-hybridized carbons (Fsp3) is 0.103. The van der Waals surface area contributed by atoms with Gasteiger partial charge in [-0.05, 0) is 49.2 Å². The molecule has 1 N–H and O–H groups in total. The highest BCUT2D eigenvalue weighted by molar-refractivity contribution is 7.92. The van der Waals surface area contributed by atoms with Crippen molar-refractivity contribution in [2.24, 2.45) is 5.10 Å². The third-order valence-electron chi connectivity index (χ3n) is 5.71. The van der Waals surface area contributed by atoms with Gasteiger partial charge in [-0.15, -0.1) is 0 Å². The summed E-state index contributed by atoms with van der Waals surface area (Å²) < 4.78 is 29.0. The van der Waals surface area contributed by atoms with Crippen LogP contribution in [0.5, 0.6) is 0 Å². The van der Waals surface area contributed by atoms with E-state index in [2.05, 4.69) is 10.5 Å². The van der Waals surface area contributed by atoms with Gasteiger partial charge in [-0.3, -0.25) is 9.10 Å². The second-order valence-corrected chi connectivity index (χ2v) is 10.2. The highest BCUT2D eigenvalue weighted by Crippen LogP contribution is 2.29. The summed E-state index contributed by atoms with van der Waals surface area (Å²) in [5.74, 6) is -0.502. The molecule has 0 spiro atoms. The zero-order valence-corrected chi connectivity index (χ0v) is 20.9. The number of nitrogens with zero attached hydrogens (tertiary/aromatic N) is 2. The van der Waals surface area contributed by atoms with Gasteiger partial charge in [-0.2, -0.15) is 5.10 Å². The summed E-state index contributed by atoms with van der Waals surface area (Å²) in [4.78, 5) is 13.4. The van der Waals surface area contributed by atoms with E-state index in [9.17, 15) is 13.2 Å². The SMILES string of the molecule is C/C(=N/NC(=O)c1ccccc1N(Cc1ccccc1)S(=O)(=O)c1ccc(C)cc1)c1ccccc1. The molecule has 182 valence electrons. The smallest absolute Gasteiger partial charge is 0.267 e. The number of para-hydroxylation sites is 1. The van der Waals surface area contributed by atoms with Crippen molar-refractivity contribution in [2.45, 2.75) is 25.3 Å². The third kappa shape index (κ3) is 5.70. The van der Waals surface area contributed by atoms with E-state index in [4.69, 9.17) is 0 Å². The molecule has 4 aromatic carbocycles. The fourth-order valence-corrected chi connectivity index (χ4v) is 5.18. The van der Waals surface area contributed by atoms with Crippen LogP contribution < -0.4 is 9.73 Å². The van der Waals surface area contributed by atoms with E-state index >= 15 is 0 Å². The Hall–Kier alpha value is -4.23. The van der Waals surface area contributed by atoms with Crippen LogP contribution in [0.4, 0.5) is 5.69 Å². The first-order valence-electron chi connectivity index (χ1n) is 11.5. The second kappa shape index (κ2) is 11.0. The van der Waals surface area contributed by atoms with E-state index in [0.29, 0.717) is 5.71 Å². The molecule has 0 fully saturated rings. The van der Waals surface area contributed by atoms with E-state index in [-0.39, 0.29) is 22.7 Å². The minimum absolute atomic E-state index is 0.0631. The topological polar surface area (TPSA) is 78.8 Å². The van der Waals surface area contributed by atoms with E-state index in [0.717, 1.165) is 16.7 Å². The zero-order valence-electron chi connectivity index (χ0n) is 20.1. The third-order valence-corrected chi connectivity index (χ3v) is 7.49. The van der Waals surface area contributed by atoms with Crippen LogP contribution in [0.2, 0.25) is 0 Å². The number of carbonyl (C=O) groups is 1. The largest absolute Gasteiger partial charge is 0.273 e. The maximum Gasteiger partial charge on any atom is 0.273 e. The predicted octanol–water partition coefficient (Wildman–Crippen LogP) is 5.54. The summed E-state index contributed by atoms with van der Waals surface area (Å²) in [6.45, 7) is 3.76. The molecule has 0 unspecified atom stereocenters. The molecule has 4 rings (SSSR count). The number of nitrogens with one attached hydrogen (secondary N) is 1. The fourth-order valence-electron chi connectivity index (χ4n) is 3.71. The molecule has 4 aromatic rings. The number of sulfonamides is 1. The minimum atomic E-state index is -3.98. The monoisotopic (exact) mass is 497 g/mol. The van der Waals surface area contributed by atoms with Crippen molar-refractivity contribution in [3.8, 4) is 0 Å². The van der Waals surface area contributed by atoms with E-state index < -0.39 is 15.9 Å². The standard InChI is InChI=1S/C29H27N3O3S/c1-22-17-19-26(20-18-22)36(34,35)32(21-24-11-5-3-6-12-24)28-16-10-9-15-27(28)29(33)31-30-23(2)25-13-7-4-8-14-25/h3-20H,21H2,1-2H3,(H,31,33)/b30-23-. The Morgan fingerprint density at radius 3 is 2.06 bits per heavy atom. The molecule has 6 nitrogen and oxygen atoms in total. The molecule has 0 bridgehead atoms. The Balaban J connectivity index is 1.73. The van der Waals surface area contributed by atoms with Gasteiger partial charge < -0.3 is 0 Å². The van der Waals surface area contributed by atoms with E-state index in [1.807, 2.05) is 67.6 Å². The number of hydrogen-bond acceptors (Lipinski definition) is 4. The maximum atomic E-state index is 13.8. The lowest BCUT2D eigenvalue weighted by atomic mass is 10.1. The highest BCUT2D eigenvalue weighted by atomic mass is 32.2. The van der Waals surface area contributed by atoms with Gasteiger partial charge in [0.15, 0.2) is 0 Å². The molecule has 7 heteroatoms. The average molecular weight is 498 g/mol. The molecule has 0 aliphatic rings. The number of carbonyl (C=O) groups excluding carboxylic acids is 1. The molecule has 0 aliphatic carbocycles. The lowest BCUT2D eigenvalue weighted by Gasteiger charge is -2.26. The highest BCUT2D eigenvalue weighted by Gasteiger charge is 2.28. The summed E-state index contributed by atoms with van der Waals surface area (Å²) in [6, 6.07) is 32.1. The van der Waals surface area contributed by atoms with Crippen LogP contribution in [0.3, 0.4) is 0 Å².